The number of halogens is 3. The number of carbonyl (C=O) groups is 2. The summed E-state index contributed by atoms with van der Waals surface area (Å²) in [5.41, 5.74) is 5.78. The Hall–Kier alpha value is -1.01. The number of rotatable bonds is 2. The molecule has 0 aliphatic carbocycles. The maximum atomic E-state index is 12.3. The fourth-order valence-electron chi connectivity index (χ4n) is 2.15. The van der Waals surface area contributed by atoms with E-state index >= 15 is 0 Å². The molecule has 0 atom stereocenters. The number of piperazine rings is 1. The van der Waals surface area contributed by atoms with Crippen molar-refractivity contribution in [1.29, 1.82) is 0 Å². The Morgan fingerprint density at radius 2 is 1.48 bits per heavy atom. The lowest BCUT2D eigenvalue weighted by Gasteiger charge is -2.34. The first kappa shape index (κ1) is 18.0. The van der Waals surface area contributed by atoms with Crippen LogP contribution in [0.1, 0.15) is 10.4 Å². The Bertz CT molecular complexity index is 511. The second-order valence-corrected chi connectivity index (χ2v) is 5.41. The molecule has 0 aromatic heterocycles. The second kappa shape index (κ2) is 7.84. The molecule has 0 bridgehead atoms. The Morgan fingerprint density at radius 3 is 1.95 bits per heavy atom. The minimum absolute atomic E-state index is 0. The minimum atomic E-state index is -0.130. The van der Waals surface area contributed by atoms with Crippen molar-refractivity contribution in [1.82, 2.24) is 9.80 Å². The van der Waals surface area contributed by atoms with Gasteiger partial charge in [0, 0.05) is 41.8 Å². The van der Waals surface area contributed by atoms with Crippen molar-refractivity contribution in [3.63, 3.8) is 0 Å². The highest BCUT2D eigenvalue weighted by atomic mass is 35.5. The lowest BCUT2D eigenvalue weighted by molar-refractivity contribution is -0.131. The van der Waals surface area contributed by atoms with Crippen molar-refractivity contribution >= 4 is 47.4 Å². The Labute approximate surface area is 139 Å². The first-order chi connectivity index (χ1) is 9.51. The molecule has 1 aromatic rings. The molecule has 2 amide bonds. The van der Waals surface area contributed by atoms with Gasteiger partial charge in [-0.25, -0.2) is 0 Å². The standard InChI is InChI=1S/C13H15Cl2N3O2.ClH/c14-10-5-9(6-11(15)7-10)13(20)18-3-1-17(2-4-18)12(19)8-16;/h5-7H,1-4,8,16H2;1H. The summed E-state index contributed by atoms with van der Waals surface area (Å²) >= 11 is 11.8. The molecule has 1 aliphatic heterocycles. The molecule has 1 aromatic carbocycles. The molecule has 0 saturated carbocycles. The van der Waals surface area contributed by atoms with E-state index in [0.29, 0.717) is 41.8 Å². The summed E-state index contributed by atoms with van der Waals surface area (Å²) < 4.78 is 0. The highest BCUT2D eigenvalue weighted by Crippen LogP contribution is 2.20. The molecule has 2 rings (SSSR count). The van der Waals surface area contributed by atoms with Crippen molar-refractivity contribution in [3.8, 4) is 0 Å². The summed E-state index contributed by atoms with van der Waals surface area (Å²) in [4.78, 5) is 27.1. The lowest BCUT2D eigenvalue weighted by Crippen LogP contribution is -2.51. The van der Waals surface area contributed by atoms with Gasteiger partial charge in [-0.2, -0.15) is 0 Å². The van der Waals surface area contributed by atoms with Crippen LogP contribution in [0, 0.1) is 0 Å². The first-order valence-corrected chi connectivity index (χ1v) is 7.00. The van der Waals surface area contributed by atoms with E-state index in [9.17, 15) is 9.59 Å². The molecular weight excluding hydrogens is 337 g/mol. The van der Waals surface area contributed by atoms with Crippen LogP contribution >= 0.6 is 35.6 Å². The molecule has 116 valence electrons. The van der Waals surface area contributed by atoms with Gasteiger partial charge in [-0.3, -0.25) is 9.59 Å². The van der Waals surface area contributed by atoms with Crippen LogP contribution in [-0.4, -0.2) is 54.3 Å². The molecule has 0 unspecified atom stereocenters. The highest BCUT2D eigenvalue weighted by Gasteiger charge is 2.24. The molecule has 21 heavy (non-hydrogen) atoms. The monoisotopic (exact) mass is 351 g/mol. The van der Waals surface area contributed by atoms with Crippen LogP contribution in [0.3, 0.4) is 0 Å². The SMILES string of the molecule is Cl.NCC(=O)N1CCN(C(=O)c2cc(Cl)cc(Cl)c2)CC1. The molecule has 5 nitrogen and oxygen atoms in total. The van der Waals surface area contributed by atoms with Gasteiger partial charge < -0.3 is 15.5 Å². The molecule has 1 heterocycles. The number of nitrogens with two attached hydrogens (primary N) is 1. The van der Waals surface area contributed by atoms with Gasteiger partial charge in [-0.1, -0.05) is 23.2 Å². The van der Waals surface area contributed by atoms with Crippen LogP contribution in [0.2, 0.25) is 10.0 Å². The zero-order chi connectivity index (χ0) is 14.7. The summed E-state index contributed by atoms with van der Waals surface area (Å²) in [6.07, 6.45) is 0. The maximum absolute atomic E-state index is 12.3. The van der Waals surface area contributed by atoms with Crippen LogP contribution in [0.15, 0.2) is 18.2 Å². The third-order valence-corrected chi connectivity index (χ3v) is 3.64. The van der Waals surface area contributed by atoms with E-state index in [2.05, 4.69) is 0 Å². The molecule has 2 N–H and O–H groups in total. The van der Waals surface area contributed by atoms with E-state index in [-0.39, 0.29) is 30.8 Å². The van der Waals surface area contributed by atoms with Crippen LogP contribution in [0.4, 0.5) is 0 Å². The topological polar surface area (TPSA) is 66.6 Å². The molecule has 1 aliphatic rings. The Balaban J connectivity index is 0.00000220. The van der Waals surface area contributed by atoms with Crippen LogP contribution in [0.25, 0.3) is 0 Å². The predicted octanol–water partition coefficient (Wildman–Crippen LogP) is 1.66. The van der Waals surface area contributed by atoms with Gasteiger partial charge in [0.15, 0.2) is 0 Å². The lowest BCUT2D eigenvalue weighted by atomic mass is 10.2. The van der Waals surface area contributed by atoms with E-state index in [4.69, 9.17) is 28.9 Å². The molecule has 8 heteroatoms. The van der Waals surface area contributed by atoms with E-state index in [1.54, 1.807) is 28.0 Å². The second-order valence-electron chi connectivity index (χ2n) is 4.54. The molecule has 0 spiro atoms. The van der Waals surface area contributed by atoms with Gasteiger partial charge in [0.25, 0.3) is 5.91 Å². The quantitative estimate of drug-likeness (QED) is 0.880. The number of hydrogen-bond donors (Lipinski definition) is 1. The highest BCUT2D eigenvalue weighted by molar-refractivity contribution is 6.35. The van der Waals surface area contributed by atoms with Gasteiger partial charge in [-0.15, -0.1) is 12.4 Å². The number of nitrogens with zero attached hydrogens (tertiary/aromatic N) is 2. The van der Waals surface area contributed by atoms with Crippen molar-refractivity contribution in [2.75, 3.05) is 32.7 Å². The van der Waals surface area contributed by atoms with Crippen LogP contribution < -0.4 is 5.73 Å². The zero-order valence-corrected chi connectivity index (χ0v) is 13.5. The van der Waals surface area contributed by atoms with Gasteiger partial charge in [0.1, 0.15) is 0 Å². The van der Waals surface area contributed by atoms with Gasteiger partial charge >= 0.3 is 0 Å². The molecular formula is C13H16Cl3N3O2. The van der Waals surface area contributed by atoms with Crippen molar-refractivity contribution < 1.29 is 9.59 Å². The minimum Gasteiger partial charge on any atom is -0.338 e. The summed E-state index contributed by atoms with van der Waals surface area (Å²) in [6, 6.07) is 4.76. The van der Waals surface area contributed by atoms with Crippen LogP contribution in [-0.2, 0) is 4.79 Å². The summed E-state index contributed by atoms with van der Waals surface area (Å²) in [7, 11) is 0. The maximum Gasteiger partial charge on any atom is 0.254 e. The van der Waals surface area contributed by atoms with E-state index in [1.165, 1.54) is 0 Å². The van der Waals surface area contributed by atoms with E-state index in [0.717, 1.165) is 0 Å². The number of hydrogen-bond acceptors (Lipinski definition) is 3. The molecule has 1 fully saturated rings. The van der Waals surface area contributed by atoms with E-state index < -0.39 is 0 Å². The number of amides is 2. The van der Waals surface area contributed by atoms with Gasteiger partial charge in [0.2, 0.25) is 5.91 Å². The van der Waals surface area contributed by atoms with Crippen molar-refractivity contribution in [2.45, 2.75) is 0 Å². The fraction of sp³-hybridized carbons (Fsp3) is 0.385. The zero-order valence-electron chi connectivity index (χ0n) is 11.2. The Kier molecular flexibility index (Phi) is 6.74. The third kappa shape index (κ3) is 4.48. The average molecular weight is 353 g/mol. The summed E-state index contributed by atoms with van der Waals surface area (Å²) in [5.74, 6) is -0.225. The molecule has 1 saturated heterocycles. The fourth-order valence-corrected chi connectivity index (χ4v) is 2.67. The largest absolute Gasteiger partial charge is 0.338 e. The molecule has 0 radical (unpaired) electrons. The van der Waals surface area contributed by atoms with Gasteiger partial charge in [-0.05, 0) is 18.2 Å². The third-order valence-electron chi connectivity index (χ3n) is 3.20. The van der Waals surface area contributed by atoms with Crippen molar-refractivity contribution in [3.05, 3.63) is 33.8 Å². The first-order valence-electron chi connectivity index (χ1n) is 6.24. The van der Waals surface area contributed by atoms with Crippen LogP contribution in [0.5, 0.6) is 0 Å². The van der Waals surface area contributed by atoms with E-state index in [1.807, 2.05) is 0 Å². The average Bonchev–Trinajstić information content (AvgIpc) is 2.45. The number of benzene rings is 1. The summed E-state index contributed by atoms with van der Waals surface area (Å²) in [5, 5.41) is 0.857. The van der Waals surface area contributed by atoms with Crippen molar-refractivity contribution in [2.24, 2.45) is 5.73 Å². The predicted molar refractivity (Wildman–Crippen MR) is 85.2 cm³/mol. The van der Waals surface area contributed by atoms with Gasteiger partial charge in [0.05, 0.1) is 6.54 Å². The normalized spacial score (nSPS) is 14.6. The smallest absolute Gasteiger partial charge is 0.254 e. The summed E-state index contributed by atoms with van der Waals surface area (Å²) in [6.45, 7) is 1.95. The Morgan fingerprint density at radius 1 is 1.00 bits per heavy atom. The number of carbonyl (C=O) groups excluding carboxylic acids is 2.